The maximum atomic E-state index is 10.3. The Morgan fingerprint density at radius 1 is 1.15 bits per heavy atom. The van der Waals surface area contributed by atoms with Crippen molar-refractivity contribution in [3.8, 4) is 5.75 Å². The molecule has 2 unspecified atom stereocenters. The van der Waals surface area contributed by atoms with E-state index < -0.39 is 6.10 Å². The van der Waals surface area contributed by atoms with Crippen molar-refractivity contribution in [3.05, 3.63) is 24.3 Å². The van der Waals surface area contributed by atoms with Crippen molar-refractivity contribution in [2.75, 3.05) is 19.7 Å². The third-order valence-electron chi connectivity index (χ3n) is 6.23. The molecule has 1 aromatic carbocycles. The number of ether oxygens (including phenoxy) is 1. The number of nitrogens with zero attached hydrogens (tertiary/aromatic N) is 1. The summed E-state index contributed by atoms with van der Waals surface area (Å²) in [6, 6.07) is 8.31. The molecule has 2 aliphatic heterocycles. The predicted molar refractivity (Wildman–Crippen MR) is 109 cm³/mol. The summed E-state index contributed by atoms with van der Waals surface area (Å²) in [5.74, 6) is 0.751. The molecule has 0 bridgehead atoms. The van der Waals surface area contributed by atoms with Crippen LogP contribution >= 0.6 is 0 Å². The number of aliphatic hydroxyl groups is 1. The van der Waals surface area contributed by atoms with Gasteiger partial charge in [-0.05, 0) is 71.6 Å². The molecule has 1 aromatic rings. The van der Waals surface area contributed by atoms with Gasteiger partial charge in [-0.15, -0.1) is 0 Å². The summed E-state index contributed by atoms with van der Waals surface area (Å²) < 4.78 is 17.9. The summed E-state index contributed by atoms with van der Waals surface area (Å²) in [6.45, 7) is 12.5. The molecule has 0 amide bonds. The fourth-order valence-electron chi connectivity index (χ4n) is 3.64. The lowest BCUT2D eigenvalue weighted by molar-refractivity contribution is 0.00578. The smallest absolute Gasteiger partial charge is 0.491 e. The normalized spacial score (nSPS) is 26.1. The summed E-state index contributed by atoms with van der Waals surface area (Å²) in [7, 11) is -0.366. The molecule has 2 fully saturated rings. The molecular weight excluding hydrogens is 341 g/mol. The second-order valence-electron chi connectivity index (χ2n) is 8.96. The Morgan fingerprint density at radius 3 is 2.37 bits per heavy atom. The lowest BCUT2D eigenvalue weighted by atomic mass is 9.79. The average Bonchev–Trinajstić information content (AvgIpc) is 2.83. The van der Waals surface area contributed by atoms with Crippen LogP contribution in [-0.4, -0.2) is 60.2 Å². The summed E-state index contributed by atoms with van der Waals surface area (Å²) >= 11 is 0. The minimum atomic E-state index is -0.478. The number of piperidine rings is 1. The molecule has 150 valence electrons. The number of benzene rings is 1. The van der Waals surface area contributed by atoms with Crippen molar-refractivity contribution >= 4 is 12.6 Å². The highest BCUT2D eigenvalue weighted by Gasteiger charge is 2.51. The van der Waals surface area contributed by atoms with E-state index in [1.54, 1.807) is 0 Å². The summed E-state index contributed by atoms with van der Waals surface area (Å²) in [5.41, 5.74) is 0.286. The fraction of sp³-hybridized carbons (Fsp3) is 0.714. The standard InChI is InChI=1S/C21H34BNO4/c1-16-8-6-7-13-23(16)14-18(24)15-25-19-11-9-17(10-12-19)22-26-20(2,3)21(4,5)27-22/h9-12,16,18,24H,6-8,13-15H2,1-5H3. The zero-order chi connectivity index (χ0) is 19.7. The molecular formula is C21H34BNO4. The minimum absolute atomic E-state index is 0.305. The molecule has 3 rings (SSSR count). The third kappa shape index (κ3) is 4.86. The SMILES string of the molecule is CC1CCCCN1CC(O)COc1ccc(B2OC(C)(C)C(C)(C)O2)cc1. The van der Waals surface area contributed by atoms with Crippen LogP contribution in [0, 0.1) is 0 Å². The summed E-state index contributed by atoms with van der Waals surface area (Å²) in [5, 5.41) is 10.3. The van der Waals surface area contributed by atoms with Crippen LogP contribution in [0.1, 0.15) is 53.9 Å². The Bertz CT molecular complexity index is 603. The van der Waals surface area contributed by atoms with Gasteiger partial charge < -0.3 is 19.2 Å². The maximum Gasteiger partial charge on any atom is 0.494 e. The summed E-state index contributed by atoms with van der Waals surface area (Å²) in [4.78, 5) is 2.36. The second-order valence-corrected chi connectivity index (χ2v) is 8.96. The second kappa shape index (κ2) is 8.12. The molecule has 2 atom stereocenters. The van der Waals surface area contributed by atoms with Gasteiger partial charge in [0.2, 0.25) is 0 Å². The number of likely N-dealkylation sites (tertiary alicyclic amines) is 1. The van der Waals surface area contributed by atoms with Crippen LogP contribution in [-0.2, 0) is 9.31 Å². The molecule has 6 heteroatoms. The molecule has 2 saturated heterocycles. The van der Waals surface area contributed by atoms with Crippen LogP contribution < -0.4 is 10.2 Å². The Balaban J connectivity index is 1.49. The van der Waals surface area contributed by atoms with Gasteiger partial charge in [-0.3, -0.25) is 4.90 Å². The Kier molecular flexibility index (Phi) is 6.21. The number of aliphatic hydroxyl groups excluding tert-OH is 1. The van der Waals surface area contributed by atoms with E-state index in [1.807, 2.05) is 24.3 Å². The van der Waals surface area contributed by atoms with Gasteiger partial charge in [0.1, 0.15) is 18.5 Å². The first-order valence-electron chi connectivity index (χ1n) is 10.2. The lowest BCUT2D eigenvalue weighted by Gasteiger charge is -2.34. The first-order valence-corrected chi connectivity index (χ1v) is 10.2. The molecule has 27 heavy (non-hydrogen) atoms. The van der Waals surface area contributed by atoms with Gasteiger partial charge in [-0.25, -0.2) is 0 Å². The number of rotatable bonds is 6. The topological polar surface area (TPSA) is 51.2 Å². The minimum Gasteiger partial charge on any atom is -0.491 e. The van der Waals surface area contributed by atoms with Crippen LogP contribution in [0.5, 0.6) is 5.75 Å². The van der Waals surface area contributed by atoms with E-state index in [2.05, 4.69) is 39.5 Å². The first kappa shape index (κ1) is 20.7. The molecule has 2 aliphatic rings. The van der Waals surface area contributed by atoms with Gasteiger partial charge in [0.25, 0.3) is 0 Å². The summed E-state index contributed by atoms with van der Waals surface area (Å²) in [6.07, 6.45) is 3.25. The van der Waals surface area contributed by atoms with Crippen molar-refractivity contribution in [2.45, 2.75) is 77.2 Å². The van der Waals surface area contributed by atoms with Gasteiger partial charge in [0, 0.05) is 12.6 Å². The molecule has 0 radical (unpaired) electrons. The highest BCUT2D eigenvalue weighted by molar-refractivity contribution is 6.62. The monoisotopic (exact) mass is 375 g/mol. The fourth-order valence-corrected chi connectivity index (χ4v) is 3.64. The van der Waals surface area contributed by atoms with E-state index >= 15 is 0 Å². The maximum absolute atomic E-state index is 10.3. The first-order chi connectivity index (χ1) is 12.7. The highest BCUT2D eigenvalue weighted by atomic mass is 16.7. The van der Waals surface area contributed by atoms with Gasteiger partial charge in [-0.1, -0.05) is 18.6 Å². The van der Waals surface area contributed by atoms with Crippen molar-refractivity contribution in [1.82, 2.24) is 4.90 Å². The quantitative estimate of drug-likeness (QED) is 0.775. The molecule has 0 aromatic heterocycles. The number of hydrogen-bond acceptors (Lipinski definition) is 5. The van der Waals surface area contributed by atoms with E-state index in [4.69, 9.17) is 14.0 Å². The highest BCUT2D eigenvalue weighted by Crippen LogP contribution is 2.36. The van der Waals surface area contributed by atoms with Crippen LogP contribution in [0.25, 0.3) is 0 Å². The zero-order valence-corrected chi connectivity index (χ0v) is 17.4. The van der Waals surface area contributed by atoms with Crippen LogP contribution in [0.15, 0.2) is 24.3 Å². The van der Waals surface area contributed by atoms with Crippen LogP contribution in [0.2, 0.25) is 0 Å². The molecule has 0 spiro atoms. The van der Waals surface area contributed by atoms with Gasteiger partial charge >= 0.3 is 7.12 Å². The molecule has 1 N–H and O–H groups in total. The zero-order valence-electron chi connectivity index (χ0n) is 17.4. The average molecular weight is 375 g/mol. The van der Waals surface area contributed by atoms with E-state index in [0.717, 1.165) is 17.8 Å². The molecule has 0 aliphatic carbocycles. The van der Waals surface area contributed by atoms with E-state index in [1.165, 1.54) is 19.3 Å². The van der Waals surface area contributed by atoms with Gasteiger partial charge in [0.15, 0.2) is 0 Å². The Morgan fingerprint density at radius 2 is 1.78 bits per heavy atom. The van der Waals surface area contributed by atoms with Crippen molar-refractivity contribution < 1.29 is 19.2 Å². The van der Waals surface area contributed by atoms with Crippen LogP contribution in [0.3, 0.4) is 0 Å². The van der Waals surface area contributed by atoms with Crippen molar-refractivity contribution in [2.24, 2.45) is 0 Å². The predicted octanol–water partition coefficient (Wildman–Crippen LogP) is 2.60. The van der Waals surface area contributed by atoms with E-state index in [9.17, 15) is 5.11 Å². The van der Waals surface area contributed by atoms with Crippen molar-refractivity contribution in [1.29, 1.82) is 0 Å². The van der Waals surface area contributed by atoms with Crippen LogP contribution in [0.4, 0.5) is 0 Å². The number of hydrogen-bond donors (Lipinski definition) is 1. The molecule has 0 saturated carbocycles. The third-order valence-corrected chi connectivity index (χ3v) is 6.23. The largest absolute Gasteiger partial charge is 0.494 e. The van der Waals surface area contributed by atoms with E-state index in [0.29, 0.717) is 19.2 Å². The van der Waals surface area contributed by atoms with Gasteiger partial charge in [0.05, 0.1) is 11.2 Å². The Hall–Kier alpha value is -1.08. The van der Waals surface area contributed by atoms with Gasteiger partial charge in [-0.2, -0.15) is 0 Å². The van der Waals surface area contributed by atoms with E-state index in [-0.39, 0.29) is 18.3 Å². The Labute approximate surface area is 164 Å². The number of β-amino-alcohol motifs (C(OH)–C–C–N with tert-alkyl or cyclic N) is 1. The molecule has 2 heterocycles. The van der Waals surface area contributed by atoms with Crippen molar-refractivity contribution in [3.63, 3.8) is 0 Å². The lowest BCUT2D eigenvalue weighted by Crippen LogP contribution is -2.43. The molecule has 5 nitrogen and oxygen atoms in total.